The third kappa shape index (κ3) is 3.96. The van der Waals surface area contributed by atoms with Crippen molar-refractivity contribution in [3.05, 3.63) is 29.8 Å². The maximum absolute atomic E-state index is 12.2. The van der Waals surface area contributed by atoms with Crippen LogP contribution in [0.1, 0.15) is 36.0 Å². The molecule has 0 aromatic heterocycles. The summed E-state index contributed by atoms with van der Waals surface area (Å²) < 4.78 is 40.3. The van der Waals surface area contributed by atoms with Crippen LogP contribution in [0.5, 0.6) is 5.75 Å². The van der Waals surface area contributed by atoms with Crippen LogP contribution in [-0.2, 0) is 0 Å². The van der Waals surface area contributed by atoms with Gasteiger partial charge >= 0.3 is 6.36 Å². The molecule has 0 bridgehead atoms. The summed E-state index contributed by atoms with van der Waals surface area (Å²) in [5.41, 5.74) is 6.03. The van der Waals surface area contributed by atoms with E-state index in [2.05, 4.69) is 4.74 Å². The number of rotatable bonds is 3. The van der Waals surface area contributed by atoms with Crippen LogP contribution in [-0.4, -0.2) is 18.2 Å². The number of benzene rings is 1. The van der Waals surface area contributed by atoms with Crippen molar-refractivity contribution in [2.45, 2.75) is 38.1 Å². The number of ether oxygens (including phenoxy) is 1. The predicted molar refractivity (Wildman–Crippen MR) is 67.4 cm³/mol. The summed E-state index contributed by atoms with van der Waals surface area (Å²) in [6.45, 7) is 0. The number of carbonyl (C=O) groups is 1. The molecule has 0 spiro atoms. The zero-order valence-corrected chi connectivity index (χ0v) is 10.8. The molecule has 1 aromatic carbocycles. The van der Waals surface area contributed by atoms with Crippen LogP contribution in [0.15, 0.2) is 24.3 Å². The summed E-state index contributed by atoms with van der Waals surface area (Å²) >= 11 is 0. The van der Waals surface area contributed by atoms with E-state index in [1.54, 1.807) is 0 Å². The van der Waals surface area contributed by atoms with Crippen molar-refractivity contribution in [3.8, 4) is 5.75 Å². The number of halogens is 3. The number of ketones is 1. The van der Waals surface area contributed by atoms with Crippen LogP contribution in [0.4, 0.5) is 13.2 Å². The van der Waals surface area contributed by atoms with Crippen LogP contribution in [0, 0.1) is 5.92 Å². The van der Waals surface area contributed by atoms with Gasteiger partial charge in [0.25, 0.3) is 0 Å². The molecule has 0 heterocycles. The van der Waals surface area contributed by atoms with Crippen LogP contribution in [0.25, 0.3) is 0 Å². The molecule has 6 heteroatoms. The average Bonchev–Trinajstić information content (AvgIpc) is 2.37. The first-order chi connectivity index (χ1) is 9.35. The lowest BCUT2D eigenvalue weighted by molar-refractivity contribution is -0.274. The van der Waals surface area contributed by atoms with Crippen LogP contribution in [0.2, 0.25) is 0 Å². The molecule has 1 aliphatic rings. The molecule has 1 fully saturated rings. The third-order valence-electron chi connectivity index (χ3n) is 3.49. The molecule has 0 saturated heterocycles. The van der Waals surface area contributed by atoms with E-state index in [0.717, 1.165) is 18.9 Å². The van der Waals surface area contributed by atoms with Crippen LogP contribution >= 0.6 is 0 Å². The van der Waals surface area contributed by atoms with E-state index in [9.17, 15) is 18.0 Å². The van der Waals surface area contributed by atoms with Crippen molar-refractivity contribution >= 4 is 5.78 Å². The van der Waals surface area contributed by atoms with Crippen LogP contribution in [0.3, 0.4) is 0 Å². The van der Waals surface area contributed by atoms with E-state index in [1.807, 2.05) is 0 Å². The molecular formula is C14H16F3NO2. The van der Waals surface area contributed by atoms with Gasteiger partial charge in [-0.3, -0.25) is 4.79 Å². The van der Waals surface area contributed by atoms with E-state index in [4.69, 9.17) is 5.73 Å². The van der Waals surface area contributed by atoms with Gasteiger partial charge in [0.05, 0.1) is 0 Å². The standard InChI is InChI=1S/C14H16F3NO2/c15-14(16,17)20-12-3-1-2-10(8-12)13(19)9-4-6-11(18)7-5-9/h1-3,8-9,11H,4-7,18H2. The maximum Gasteiger partial charge on any atom is 0.573 e. The van der Waals surface area contributed by atoms with E-state index in [-0.39, 0.29) is 29.1 Å². The Hall–Kier alpha value is -1.56. The molecule has 3 nitrogen and oxygen atoms in total. The van der Waals surface area contributed by atoms with E-state index in [1.165, 1.54) is 18.2 Å². The Balaban J connectivity index is 2.08. The molecule has 2 N–H and O–H groups in total. The molecule has 0 aliphatic heterocycles. The second kappa shape index (κ2) is 5.83. The van der Waals surface area contributed by atoms with Crippen molar-refractivity contribution in [1.29, 1.82) is 0 Å². The number of alkyl halides is 3. The van der Waals surface area contributed by atoms with Gasteiger partial charge in [-0.2, -0.15) is 0 Å². The van der Waals surface area contributed by atoms with Gasteiger partial charge in [0.15, 0.2) is 5.78 Å². The lowest BCUT2D eigenvalue weighted by atomic mass is 9.82. The van der Waals surface area contributed by atoms with Crippen molar-refractivity contribution in [2.24, 2.45) is 11.7 Å². The summed E-state index contributed by atoms with van der Waals surface area (Å²) in [5, 5.41) is 0. The zero-order chi connectivity index (χ0) is 14.8. The van der Waals surface area contributed by atoms with Crippen molar-refractivity contribution in [3.63, 3.8) is 0 Å². The molecule has 0 amide bonds. The fourth-order valence-corrected chi connectivity index (χ4v) is 2.46. The van der Waals surface area contributed by atoms with Gasteiger partial charge in [-0.05, 0) is 37.8 Å². The second-order valence-corrected chi connectivity index (χ2v) is 5.05. The SMILES string of the molecule is NC1CCC(C(=O)c2cccc(OC(F)(F)F)c2)CC1. The first-order valence-electron chi connectivity index (χ1n) is 6.51. The highest BCUT2D eigenvalue weighted by atomic mass is 19.4. The molecule has 0 unspecified atom stereocenters. The van der Waals surface area contributed by atoms with Gasteiger partial charge in [0.2, 0.25) is 0 Å². The van der Waals surface area contributed by atoms with E-state index >= 15 is 0 Å². The molecule has 1 aliphatic carbocycles. The Bertz CT molecular complexity index is 480. The van der Waals surface area contributed by atoms with Crippen molar-refractivity contribution < 1.29 is 22.7 Å². The lowest BCUT2D eigenvalue weighted by Crippen LogP contribution is -2.29. The summed E-state index contributed by atoms with van der Waals surface area (Å²) in [6, 6.07) is 5.35. The van der Waals surface area contributed by atoms with Crippen LogP contribution < -0.4 is 10.5 Å². The molecule has 1 aromatic rings. The summed E-state index contributed by atoms with van der Waals surface area (Å²) in [4.78, 5) is 12.2. The fraction of sp³-hybridized carbons (Fsp3) is 0.500. The number of carbonyl (C=O) groups excluding carboxylic acids is 1. The quantitative estimate of drug-likeness (QED) is 0.868. The molecule has 20 heavy (non-hydrogen) atoms. The summed E-state index contributed by atoms with van der Waals surface area (Å²) in [5.74, 6) is -0.656. The smallest absolute Gasteiger partial charge is 0.406 e. The van der Waals surface area contributed by atoms with Gasteiger partial charge in [0, 0.05) is 17.5 Å². The number of Topliss-reactive ketones (excluding diaryl/α,β-unsaturated/α-hetero) is 1. The van der Waals surface area contributed by atoms with E-state index in [0.29, 0.717) is 12.8 Å². The summed E-state index contributed by atoms with van der Waals surface area (Å²) in [7, 11) is 0. The van der Waals surface area contributed by atoms with E-state index < -0.39 is 6.36 Å². The minimum atomic E-state index is -4.75. The lowest BCUT2D eigenvalue weighted by Gasteiger charge is -2.25. The molecule has 0 atom stereocenters. The molecule has 110 valence electrons. The topological polar surface area (TPSA) is 52.3 Å². The molecular weight excluding hydrogens is 271 g/mol. The van der Waals surface area contributed by atoms with Gasteiger partial charge in [-0.25, -0.2) is 0 Å². The van der Waals surface area contributed by atoms with Crippen molar-refractivity contribution in [2.75, 3.05) is 0 Å². The Labute approximate surface area is 114 Å². The minimum Gasteiger partial charge on any atom is -0.406 e. The summed E-state index contributed by atoms with van der Waals surface area (Å²) in [6.07, 6.45) is -1.84. The Morgan fingerprint density at radius 3 is 2.45 bits per heavy atom. The molecule has 2 rings (SSSR count). The Morgan fingerprint density at radius 2 is 1.85 bits per heavy atom. The third-order valence-corrected chi connectivity index (χ3v) is 3.49. The predicted octanol–water partition coefficient (Wildman–Crippen LogP) is 3.29. The first kappa shape index (κ1) is 14.8. The maximum atomic E-state index is 12.2. The second-order valence-electron chi connectivity index (χ2n) is 5.05. The normalized spacial score (nSPS) is 23.4. The first-order valence-corrected chi connectivity index (χ1v) is 6.51. The van der Waals surface area contributed by atoms with Gasteiger partial charge in [-0.1, -0.05) is 12.1 Å². The number of hydrogen-bond acceptors (Lipinski definition) is 3. The molecule has 1 saturated carbocycles. The fourth-order valence-electron chi connectivity index (χ4n) is 2.46. The Kier molecular flexibility index (Phi) is 4.32. The van der Waals surface area contributed by atoms with Gasteiger partial charge in [-0.15, -0.1) is 13.2 Å². The number of nitrogens with two attached hydrogens (primary N) is 1. The largest absolute Gasteiger partial charge is 0.573 e. The highest BCUT2D eigenvalue weighted by molar-refractivity contribution is 5.98. The number of hydrogen-bond donors (Lipinski definition) is 1. The van der Waals surface area contributed by atoms with Gasteiger partial charge in [0.1, 0.15) is 5.75 Å². The zero-order valence-electron chi connectivity index (χ0n) is 10.8. The van der Waals surface area contributed by atoms with Crippen molar-refractivity contribution in [1.82, 2.24) is 0 Å². The van der Waals surface area contributed by atoms with Gasteiger partial charge < -0.3 is 10.5 Å². The molecule has 0 radical (unpaired) electrons. The Morgan fingerprint density at radius 1 is 1.20 bits per heavy atom. The highest BCUT2D eigenvalue weighted by Crippen LogP contribution is 2.29. The average molecular weight is 287 g/mol. The monoisotopic (exact) mass is 287 g/mol. The highest BCUT2D eigenvalue weighted by Gasteiger charge is 2.31. The minimum absolute atomic E-state index is 0.124.